The van der Waals surface area contributed by atoms with Crippen LogP contribution in [-0.4, -0.2) is 42.7 Å². The number of amides is 1. The molecule has 0 radical (unpaired) electrons. The minimum absolute atomic E-state index is 0.00250. The van der Waals surface area contributed by atoms with Crippen molar-refractivity contribution in [1.82, 2.24) is 5.32 Å². The van der Waals surface area contributed by atoms with Crippen LogP contribution in [0.15, 0.2) is 54.6 Å². The summed E-state index contributed by atoms with van der Waals surface area (Å²) in [6.45, 7) is 4.21. The number of para-hydroxylation sites is 1. The van der Waals surface area contributed by atoms with Crippen molar-refractivity contribution in [1.29, 1.82) is 0 Å². The van der Waals surface area contributed by atoms with E-state index in [9.17, 15) is 9.59 Å². The third-order valence-corrected chi connectivity index (χ3v) is 3.81. The highest BCUT2D eigenvalue weighted by Gasteiger charge is 2.14. The summed E-state index contributed by atoms with van der Waals surface area (Å²) in [5, 5.41) is 11.9. The minimum Gasteiger partial charge on any atom is -0.491 e. The fourth-order valence-corrected chi connectivity index (χ4v) is 2.62. The number of carboxylic acid groups (broad SMARTS) is 1. The maximum Gasteiger partial charge on any atom is 0.323 e. The second-order valence-electron chi connectivity index (χ2n) is 6.50. The quantitative estimate of drug-likeness (QED) is 0.672. The van der Waals surface area contributed by atoms with Crippen LogP contribution in [0, 0.1) is 0 Å². The van der Waals surface area contributed by atoms with Gasteiger partial charge in [0, 0.05) is 12.2 Å². The van der Waals surface area contributed by atoms with Crippen LogP contribution < -0.4 is 15.0 Å². The van der Waals surface area contributed by atoms with E-state index in [4.69, 9.17) is 9.84 Å². The summed E-state index contributed by atoms with van der Waals surface area (Å²) in [4.78, 5) is 24.8. The molecule has 144 valence electrons. The molecule has 0 atom stereocenters. The van der Waals surface area contributed by atoms with Crippen molar-refractivity contribution >= 4 is 17.6 Å². The van der Waals surface area contributed by atoms with Crippen molar-refractivity contribution in [2.24, 2.45) is 0 Å². The van der Waals surface area contributed by atoms with Crippen molar-refractivity contribution in [3.8, 4) is 5.75 Å². The Labute approximate surface area is 159 Å². The maximum atomic E-state index is 12.2. The number of hydrogen-bond acceptors (Lipinski definition) is 4. The largest absolute Gasteiger partial charge is 0.491 e. The highest BCUT2D eigenvalue weighted by atomic mass is 16.5. The van der Waals surface area contributed by atoms with E-state index in [0.717, 1.165) is 11.3 Å². The molecular weight excluding hydrogens is 344 g/mol. The molecule has 0 aliphatic carbocycles. The van der Waals surface area contributed by atoms with E-state index in [1.54, 1.807) is 12.1 Å². The minimum atomic E-state index is -0.977. The summed E-state index contributed by atoms with van der Waals surface area (Å²) in [7, 11) is 0. The zero-order chi connectivity index (χ0) is 19.6. The van der Waals surface area contributed by atoms with E-state index in [0.29, 0.717) is 18.7 Å². The van der Waals surface area contributed by atoms with Gasteiger partial charge in [-0.25, -0.2) is 0 Å². The Bertz CT molecular complexity index is 730. The maximum absolute atomic E-state index is 12.2. The van der Waals surface area contributed by atoms with Gasteiger partial charge >= 0.3 is 5.97 Å². The summed E-state index contributed by atoms with van der Waals surface area (Å²) < 4.78 is 5.61. The third kappa shape index (κ3) is 7.40. The number of hydrogen-bond donors (Lipinski definition) is 2. The first-order valence-electron chi connectivity index (χ1n) is 8.98. The molecule has 6 nitrogen and oxygen atoms in total. The summed E-state index contributed by atoms with van der Waals surface area (Å²) >= 11 is 0. The predicted octanol–water partition coefficient (Wildman–Crippen LogP) is 2.72. The number of benzene rings is 2. The molecule has 27 heavy (non-hydrogen) atoms. The predicted molar refractivity (Wildman–Crippen MR) is 105 cm³/mol. The molecular formula is C21H26N2O4. The topological polar surface area (TPSA) is 78.9 Å². The smallest absolute Gasteiger partial charge is 0.323 e. The van der Waals surface area contributed by atoms with Crippen LogP contribution in [0.3, 0.4) is 0 Å². The van der Waals surface area contributed by atoms with Crippen molar-refractivity contribution in [3.63, 3.8) is 0 Å². The van der Waals surface area contributed by atoms with Gasteiger partial charge in [-0.3, -0.25) is 9.59 Å². The Morgan fingerprint density at radius 1 is 1.04 bits per heavy atom. The van der Waals surface area contributed by atoms with Crippen molar-refractivity contribution in [3.05, 3.63) is 60.2 Å². The van der Waals surface area contributed by atoms with Crippen LogP contribution in [0.4, 0.5) is 5.69 Å². The molecule has 6 heteroatoms. The highest BCUT2D eigenvalue weighted by Crippen LogP contribution is 2.14. The zero-order valence-corrected chi connectivity index (χ0v) is 15.7. The van der Waals surface area contributed by atoms with E-state index in [1.165, 1.54) is 4.90 Å². The molecule has 1 amide bonds. The van der Waals surface area contributed by atoms with Gasteiger partial charge < -0.3 is 20.1 Å². The monoisotopic (exact) mass is 370 g/mol. The Hall–Kier alpha value is -3.02. The first-order chi connectivity index (χ1) is 12.9. The normalized spacial score (nSPS) is 10.5. The highest BCUT2D eigenvalue weighted by molar-refractivity contribution is 5.84. The van der Waals surface area contributed by atoms with Gasteiger partial charge in [0.15, 0.2) is 0 Å². The number of rotatable bonds is 10. The van der Waals surface area contributed by atoms with Crippen LogP contribution in [0.1, 0.15) is 19.4 Å². The number of ether oxygens (including phenoxy) is 1. The van der Waals surface area contributed by atoms with Crippen molar-refractivity contribution < 1.29 is 19.4 Å². The SMILES string of the molecule is CC(C)Oc1ccc(CCNC(=O)CN(CC(=O)O)c2ccccc2)cc1. The summed E-state index contributed by atoms with van der Waals surface area (Å²) in [6, 6.07) is 16.8. The number of nitrogens with zero attached hydrogens (tertiary/aromatic N) is 1. The van der Waals surface area contributed by atoms with Gasteiger partial charge in [-0.1, -0.05) is 30.3 Å². The fraction of sp³-hybridized carbons (Fsp3) is 0.333. The molecule has 2 rings (SSSR count). The van der Waals surface area contributed by atoms with Crippen LogP contribution >= 0.6 is 0 Å². The number of nitrogens with one attached hydrogen (secondary N) is 1. The lowest BCUT2D eigenvalue weighted by molar-refractivity contribution is -0.135. The average molecular weight is 370 g/mol. The van der Waals surface area contributed by atoms with Crippen LogP contribution in [0.5, 0.6) is 5.75 Å². The van der Waals surface area contributed by atoms with Gasteiger partial charge in [0.2, 0.25) is 5.91 Å². The molecule has 0 saturated carbocycles. The van der Waals surface area contributed by atoms with Gasteiger partial charge in [-0.05, 0) is 50.1 Å². The number of carbonyl (C=O) groups excluding carboxylic acids is 1. The lowest BCUT2D eigenvalue weighted by atomic mass is 10.1. The molecule has 0 aliphatic heterocycles. The van der Waals surface area contributed by atoms with Gasteiger partial charge in [-0.2, -0.15) is 0 Å². The molecule has 0 aliphatic rings. The molecule has 0 saturated heterocycles. The Kier molecular flexibility index (Phi) is 7.67. The zero-order valence-electron chi connectivity index (χ0n) is 15.7. The first-order valence-corrected chi connectivity index (χ1v) is 8.98. The molecule has 0 unspecified atom stereocenters. The molecule has 0 fully saturated rings. The first kappa shape index (κ1) is 20.3. The summed E-state index contributed by atoms with van der Waals surface area (Å²) in [5.41, 5.74) is 1.80. The number of anilines is 1. The van der Waals surface area contributed by atoms with E-state index in [1.807, 2.05) is 56.3 Å². The molecule has 0 aromatic heterocycles. The van der Waals surface area contributed by atoms with Crippen LogP contribution in [0.2, 0.25) is 0 Å². The molecule has 2 aromatic rings. The van der Waals surface area contributed by atoms with Gasteiger partial charge in [-0.15, -0.1) is 0 Å². The van der Waals surface area contributed by atoms with Crippen molar-refractivity contribution in [2.75, 3.05) is 24.5 Å². The van der Waals surface area contributed by atoms with E-state index in [-0.39, 0.29) is 25.1 Å². The Morgan fingerprint density at radius 2 is 1.70 bits per heavy atom. The number of aliphatic carboxylic acids is 1. The standard InChI is InChI=1S/C21H26N2O4/c1-16(2)27-19-10-8-17(9-11-19)12-13-22-20(24)14-23(15-21(25)26)18-6-4-3-5-7-18/h3-11,16H,12-15H2,1-2H3,(H,22,24)(H,25,26). The van der Waals surface area contributed by atoms with Gasteiger partial charge in [0.25, 0.3) is 0 Å². The fourth-order valence-electron chi connectivity index (χ4n) is 2.62. The summed E-state index contributed by atoms with van der Waals surface area (Å²) in [5.74, 6) is -0.361. The number of carbonyl (C=O) groups is 2. The van der Waals surface area contributed by atoms with E-state index in [2.05, 4.69) is 5.32 Å². The van der Waals surface area contributed by atoms with Crippen LogP contribution in [-0.2, 0) is 16.0 Å². The lowest BCUT2D eigenvalue weighted by Crippen LogP contribution is -2.40. The molecule has 0 heterocycles. The Balaban J connectivity index is 1.82. The summed E-state index contributed by atoms with van der Waals surface area (Å²) in [6.07, 6.45) is 0.825. The van der Waals surface area contributed by atoms with Gasteiger partial charge in [0.05, 0.1) is 12.6 Å². The van der Waals surface area contributed by atoms with Crippen LogP contribution in [0.25, 0.3) is 0 Å². The molecule has 2 N–H and O–H groups in total. The van der Waals surface area contributed by atoms with Crippen molar-refractivity contribution in [2.45, 2.75) is 26.4 Å². The Morgan fingerprint density at radius 3 is 2.30 bits per heavy atom. The second-order valence-corrected chi connectivity index (χ2v) is 6.50. The average Bonchev–Trinajstić information content (AvgIpc) is 2.62. The molecule has 0 bridgehead atoms. The molecule has 2 aromatic carbocycles. The van der Waals surface area contributed by atoms with Gasteiger partial charge in [0.1, 0.15) is 12.3 Å². The number of carboxylic acids is 1. The lowest BCUT2D eigenvalue weighted by Gasteiger charge is -2.22. The third-order valence-electron chi connectivity index (χ3n) is 3.81. The second kappa shape index (κ2) is 10.2. The van der Waals surface area contributed by atoms with E-state index < -0.39 is 5.97 Å². The van der Waals surface area contributed by atoms with E-state index >= 15 is 0 Å². The molecule has 0 spiro atoms.